The summed E-state index contributed by atoms with van der Waals surface area (Å²) in [5, 5.41) is 35.3. The van der Waals surface area contributed by atoms with Gasteiger partial charge in [-0.25, -0.2) is 9.78 Å². The van der Waals surface area contributed by atoms with Gasteiger partial charge in [0.15, 0.2) is 11.8 Å². The second-order valence-corrected chi connectivity index (χ2v) is 3.33. The number of carbonyl (C=O) groups is 1. The van der Waals surface area contributed by atoms with Gasteiger partial charge in [-0.1, -0.05) is 11.6 Å². The van der Waals surface area contributed by atoms with Crippen LogP contribution < -0.4 is 0 Å². The SMILES string of the molecule is N#CC(O)C(O)c1cnc(C(=O)O)c(Cl)c1. The molecule has 0 aliphatic rings. The Balaban J connectivity index is 3.07. The first-order chi connectivity index (χ1) is 7.47. The number of aromatic carboxylic acids is 1. The second-order valence-electron chi connectivity index (χ2n) is 2.92. The Morgan fingerprint density at radius 2 is 2.19 bits per heavy atom. The van der Waals surface area contributed by atoms with Crippen molar-refractivity contribution < 1.29 is 20.1 Å². The third kappa shape index (κ3) is 2.46. The fourth-order valence-electron chi connectivity index (χ4n) is 1.02. The third-order valence-electron chi connectivity index (χ3n) is 1.84. The summed E-state index contributed by atoms with van der Waals surface area (Å²) in [7, 11) is 0. The Hall–Kier alpha value is -1.68. The van der Waals surface area contributed by atoms with Crippen LogP contribution in [0.15, 0.2) is 12.3 Å². The van der Waals surface area contributed by atoms with Gasteiger partial charge in [0.05, 0.1) is 11.1 Å². The van der Waals surface area contributed by atoms with Crippen LogP contribution >= 0.6 is 11.6 Å². The van der Waals surface area contributed by atoms with Crippen molar-refractivity contribution in [1.82, 2.24) is 4.98 Å². The van der Waals surface area contributed by atoms with E-state index in [4.69, 9.17) is 27.1 Å². The number of carboxylic acids is 1. The van der Waals surface area contributed by atoms with Gasteiger partial charge in [-0.2, -0.15) is 5.26 Å². The molecule has 0 saturated carbocycles. The molecular formula is C9H7ClN2O4. The highest BCUT2D eigenvalue weighted by atomic mass is 35.5. The van der Waals surface area contributed by atoms with Crippen molar-refractivity contribution in [2.75, 3.05) is 0 Å². The second kappa shape index (κ2) is 4.90. The van der Waals surface area contributed by atoms with E-state index in [-0.39, 0.29) is 16.3 Å². The van der Waals surface area contributed by atoms with E-state index in [1.54, 1.807) is 0 Å². The van der Waals surface area contributed by atoms with Crippen molar-refractivity contribution in [3.05, 3.63) is 28.5 Å². The molecule has 6 nitrogen and oxygen atoms in total. The smallest absolute Gasteiger partial charge is 0.356 e. The third-order valence-corrected chi connectivity index (χ3v) is 2.13. The summed E-state index contributed by atoms with van der Waals surface area (Å²) >= 11 is 5.60. The molecule has 0 bridgehead atoms. The Labute approximate surface area is 95.4 Å². The zero-order valence-electron chi connectivity index (χ0n) is 7.83. The fourth-order valence-corrected chi connectivity index (χ4v) is 1.28. The minimum atomic E-state index is -1.62. The van der Waals surface area contributed by atoms with Gasteiger partial charge in [0.1, 0.15) is 6.10 Å². The number of aromatic nitrogens is 1. The summed E-state index contributed by atoms with van der Waals surface area (Å²) in [4.78, 5) is 14.1. The molecular weight excluding hydrogens is 236 g/mol. The van der Waals surface area contributed by atoms with Crippen LogP contribution in [-0.4, -0.2) is 32.4 Å². The zero-order valence-corrected chi connectivity index (χ0v) is 8.59. The number of nitriles is 1. The van der Waals surface area contributed by atoms with Gasteiger partial charge in [-0.05, 0) is 6.07 Å². The molecule has 0 aromatic carbocycles. The van der Waals surface area contributed by atoms with Crippen LogP contribution in [0.2, 0.25) is 5.02 Å². The summed E-state index contributed by atoms with van der Waals surface area (Å²) in [6, 6.07) is 2.58. The van der Waals surface area contributed by atoms with E-state index in [0.29, 0.717) is 0 Å². The lowest BCUT2D eigenvalue weighted by Gasteiger charge is -2.12. The first-order valence-electron chi connectivity index (χ1n) is 4.12. The molecule has 0 amide bonds. The van der Waals surface area contributed by atoms with Crippen LogP contribution in [-0.2, 0) is 0 Å². The largest absolute Gasteiger partial charge is 0.476 e. The number of halogens is 1. The standard InChI is InChI=1S/C9H7ClN2O4/c10-5-1-4(8(14)6(13)2-11)3-12-7(5)9(15)16/h1,3,6,8,13-14H,(H,15,16). The average molecular weight is 243 g/mol. The van der Waals surface area contributed by atoms with Crippen molar-refractivity contribution in [2.24, 2.45) is 0 Å². The van der Waals surface area contributed by atoms with E-state index in [0.717, 1.165) is 12.3 Å². The van der Waals surface area contributed by atoms with Gasteiger partial charge >= 0.3 is 5.97 Å². The number of hydrogen-bond acceptors (Lipinski definition) is 5. The van der Waals surface area contributed by atoms with Crippen molar-refractivity contribution in [3.8, 4) is 6.07 Å². The molecule has 0 saturated heterocycles. The minimum Gasteiger partial charge on any atom is -0.476 e. The van der Waals surface area contributed by atoms with E-state index in [2.05, 4.69) is 4.98 Å². The number of nitrogens with zero attached hydrogens (tertiary/aromatic N) is 2. The van der Waals surface area contributed by atoms with Gasteiger partial charge in [0.2, 0.25) is 0 Å². The number of rotatable bonds is 3. The summed E-state index contributed by atoms with van der Waals surface area (Å²) in [6.45, 7) is 0. The van der Waals surface area contributed by atoms with Gasteiger partial charge < -0.3 is 15.3 Å². The molecule has 1 aromatic rings. The van der Waals surface area contributed by atoms with Crippen molar-refractivity contribution in [3.63, 3.8) is 0 Å². The van der Waals surface area contributed by atoms with Crippen LogP contribution in [0.3, 0.4) is 0 Å². The van der Waals surface area contributed by atoms with Crippen LogP contribution in [0, 0.1) is 11.3 Å². The Morgan fingerprint density at radius 1 is 1.56 bits per heavy atom. The number of pyridine rings is 1. The Morgan fingerprint density at radius 3 is 2.62 bits per heavy atom. The first kappa shape index (κ1) is 12.4. The molecule has 1 heterocycles. The van der Waals surface area contributed by atoms with Crippen LogP contribution in [0.5, 0.6) is 0 Å². The summed E-state index contributed by atoms with van der Waals surface area (Å²) in [5.74, 6) is -1.30. The van der Waals surface area contributed by atoms with Crippen LogP contribution in [0.25, 0.3) is 0 Å². The summed E-state index contributed by atoms with van der Waals surface area (Å²) < 4.78 is 0. The van der Waals surface area contributed by atoms with Gasteiger partial charge in [-0.3, -0.25) is 0 Å². The monoisotopic (exact) mass is 242 g/mol. The number of aliphatic hydroxyl groups is 2. The van der Waals surface area contributed by atoms with Crippen molar-refractivity contribution >= 4 is 17.6 Å². The highest BCUT2D eigenvalue weighted by molar-refractivity contribution is 6.33. The molecule has 16 heavy (non-hydrogen) atoms. The van der Waals surface area contributed by atoms with E-state index < -0.39 is 18.2 Å². The summed E-state index contributed by atoms with van der Waals surface area (Å²) in [6.07, 6.45) is -2.05. The molecule has 0 aliphatic heterocycles. The molecule has 84 valence electrons. The minimum absolute atomic E-state index is 0.0732. The maximum absolute atomic E-state index is 10.6. The predicted molar refractivity (Wildman–Crippen MR) is 52.8 cm³/mol. The Kier molecular flexibility index (Phi) is 3.79. The maximum Gasteiger partial charge on any atom is 0.356 e. The molecule has 0 spiro atoms. The van der Waals surface area contributed by atoms with E-state index in [1.165, 1.54) is 6.07 Å². The molecule has 2 atom stereocenters. The molecule has 7 heteroatoms. The topological polar surface area (TPSA) is 114 Å². The molecule has 3 N–H and O–H groups in total. The Bertz CT molecular complexity index is 457. The number of hydrogen-bond donors (Lipinski definition) is 3. The molecule has 2 unspecified atom stereocenters. The molecule has 1 aromatic heterocycles. The normalized spacial score (nSPS) is 13.9. The van der Waals surface area contributed by atoms with Crippen LogP contribution in [0.1, 0.15) is 22.2 Å². The van der Waals surface area contributed by atoms with Gasteiger partial charge in [-0.15, -0.1) is 0 Å². The highest BCUT2D eigenvalue weighted by Crippen LogP contribution is 2.21. The first-order valence-corrected chi connectivity index (χ1v) is 4.49. The summed E-state index contributed by atoms with van der Waals surface area (Å²) in [5.41, 5.74) is -0.284. The lowest BCUT2D eigenvalue weighted by Crippen LogP contribution is -2.16. The molecule has 1 rings (SSSR count). The predicted octanol–water partition coefficient (Wildman–Crippen LogP) is 0.351. The van der Waals surface area contributed by atoms with Gasteiger partial charge in [0.25, 0.3) is 0 Å². The van der Waals surface area contributed by atoms with Gasteiger partial charge in [0, 0.05) is 11.8 Å². The molecule has 0 fully saturated rings. The van der Waals surface area contributed by atoms with Crippen molar-refractivity contribution in [1.29, 1.82) is 5.26 Å². The van der Waals surface area contributed by atoms with E-state index in [9.17, 15) is 9.90 Å². The molecule has 0 radical (unpaired) electrons. The number of aliphatic hydroxyl groups excluding tert-OH is 2. The fraction of sp³-hybridized carbons (Fsp3) is 0.222. The highest BCUT2D eigenvalue weighted by Gasteiger charge is 2.20. The van der Waals surface area contributed by atoms with E-state index >= 15 is 0 Å². The van der Waals surface area contributed by atoms with E-state index in [1.807, 2.05) is 0 Å². The lowest BCUT2D eigenvalue weighted by atomic mass is 10.1. The zero-order chi connectivity index (χ0) is 12.3. The maximum atomic E-state index is 10.6. The van der Waals surface area contributed by atoms with Crippen molar-refractivity contribution in [2.45, 2.75) is 12.2 Å². The quantitative estimate of drug-likeness (QED) is 0.659. The number of carboxylic acid groups (broad SMARTS) is 1. The average Bonchev–Trinajstić information content (AvgIpc) is 2.26. The molecule has 0 aliphatic carbocycles. The van der Waals surface area contributed by atoms with Crippen LogP contribution in [0.4, 0.5) is 0 Å². The lowest BCUT2D eigenvalue weighted by molar-refractivity contribution is 0.0524.